The number of aromatic nitrogens is 4. The van der Waals surface area contributed by atoms with Gasteiger partial charge in [0.1, 0.15) is 17.3 Å². The second-order valence-corrected chi connectivity index (χ2v) is 7.70. The summed E-state index contributed by atoms with van der Waals surface area (Å²) in [5.41, 5.74) is 6.81. The number of phenols is 1. The van der Waals surface area contributed by atoms with Crippen molar-refractivity contribution in [1.29, 1.82) is 0 Å². The molecule has 3 aromatic heterocycles. The Kier molecular flexibility index (Phi) is 4.04. The number of nitrogens with one attached hydrogen (secondary N) is 2. The molecule has 0 saturated heterocycles. The normalized spacial score (nSPS) is 11.4. The van der Waals surface area contributed by atoms with Gasteiger partial charge in [-0.05, 0) is 59.7 Å². The Labute approximate surface area is 182 Å². The van der Waals surface area contributed by atoms with Crippen molar-refractivity contribution in [2.45, 2.75) is 0 Å². The number of pyridine rings is 1. The summed E-state index contributed by atoms with van der Waals surface area (Å²) in [5, 5.41) is 19.4. The molecular weight excluding hydrogens is 403 g/mol. The van der Waals surface area contributed by atoms with Crippen molar-refractivity contribution >= 4 is 21.8 Å². The quantitative estimate of drug-likeness (QED) is 0.315. The SMILES string of the molecule is Oc1cc(F)cc(-c2cccc3[nH]c(-c4n[nH]c5ccc(-c6ccccn6)cc45)cc23)c1. The maximum Gasteiger partial charge on any atom is 0.127 e. The molecule has 6 heteroatoms. The Morgan fingerprint density at radius 1 is 0.781 bits per heavy atom. The van der Waals surface area contributed by atoms with E-state index in [2.05, 4.69) is 26.2 Å². The van der Waals surface area contributed by atoms with Crippen LogP contribution in [0.2, 0.25) is 0 Å². The third kappa shape index (κ3) is 3.01. The Balaban J connectivity index is 1.52. The fraction of sp³-hybridized carbons (Fsp3) is 0. The van der Waals surface area contributed by atoms with Crippen molar-refractivity contribution in [3.8, 4) is 39.5 Å². The summed E-state index contributed by atoms with van der Waals surface area (Å²) in [4.78, 5) is 7.88. The number of aromatic hydroxyl groups is 1. The van der Waals surface area contributed by atoms with E-state index in [4.69, 9.17) is 0 Å². The summed E-state index contributed by atoms with van der Waals surface area (Å²) < 4.78 is 13.9. The highest BCUT2D eigenvalue weighted by atomic mass is 19.1. The van der Waals surface area contributed by atoms with Gasteiger partial charge in [-0.2, -0.15) is 5.10 Å². The van der Waals surface area contributed by atoms with E-state index >= 15 is 0 Å². The molecule has 6 rings (SSSR count). The minimum atomic E-state index is -0.479. The first-order valence-electron chi connectivity index (χ1n) is 10.2. The Hall–Kier alpha value is -4.45. The van der Waals surface area contributed by atoms with Gasteiger partial charge in [-0.25, -0.2) is 4.39 Å². The van der Waals surface area contributed by atoms with Gasteiger partial charge in [0.25, 0.3) is 0 Å². The fourth-order valence-electron chi connectivity index (χ4n) is 4.18. The fourth-order valence-corrected chi connectivity index (χ4v) is 4.18. The van der Waals surface area contributed by atoms with Crippen LogP contribution in [0, 0.1) is 5.82 Å². The molecule has 6 aromatic rings. The average molecular weight is 420 g/mol. The molecule has 0 unspecified atom stereocenters. The summed E-state index contributed by atoms with van der Waals surface area (Å²) in [6, 6.07) is 23.8. The number of benzene rings is 3. The Morgan fingerprint density at radius 3 is 2.56 bits per heavy atom. The number of phenolic OH excluding ortho intramolecular Hbond substituents is 1. The lowest BCUT2D eigenvalue weighted by molar-refractivity contribution is 0.469. The predicted molar refractivity (Wildman–Crippen MR) is 124 cm³/mol. The molecule has 3 heterocycles. The van der Waals surface area contributed by atoms with Gasteiger partial charge >= 0.3 is 0 Å². The van der Waals surface area contributed by atoms with E-state index in [0.29, 0.717) is 5.56 Å². The Morgan fingerprint density at radius 2 is 1.72 bits per heavy atom. The third-order valence-corrected chi connectivity index (χ3v) is 5.64. The zero-order valence-corrected chi connectivity index (χ0v) is 16.8. The summed E-state index contributed by atoms with van der Waals surface area (Å²) in [6.45, 7) is 0. The van der Waals surface area contributed by atoms with E-state index in [1.807, 2.05) is 54.6 Å². The second-order valence-electron chi connectivity index (χ2n) is 7.70. The van der Waals surface area contributed by atoms with Gasteiger partial charge in [-0.15, -0.1) is 0 Å². The summed E-state index contributed by atoms with van der Waals surface area (Å²) in [6.07, 6.45) is 1.78. The standard InChI is InChI=1S/C26H17FN4O/c27-17-10-16(11-18(32)13-17)19-4-3-6-23-20(19)14-25(29-23)26-21-12-15(7-8-24(21)30-31-26)22-5-1-2-9-28-22/h1-14,29,32H,(H,30,31). The van der Waals surface area contributed by atoms with E-state index in [-0.39, 0.29) is 5.75 Å². The van der Waals surface area contributed by atoms with Gasteiger partial charge in [-0.3, -0.25) is 10.1 Å². The summed E-state index contributed by atoms with van der Waals surface area (Å²) >= 11 is 0. The van der Waals surface area contributed by atoms with Gasteiger partial charge in [0.2, 0.25) is 0 Å². The second kappa shape index (κ2) is 7.06. The molecule has 154 valence electrons. The lowest BCUT2D eigenvalue weighted by atomic mass is 10.0. The van der Waals surface area contributed by atoms with Crippen molar-refractivity contribution in [2.75, 3.05) is 0 Å². The van der Waals surface area contributed by atoms with E-state index in [9.17, 15) is 9.50 Å². The number of fused-ring (bicyclic) bond motifs is 2. The number of aromatic amines is 2. The van der Waals surface area contributed by atoms with Gasteiger partial charge in [0, 0.05) is 34.1 Å². The molecule has 5 nitrogen and oxygen atoms in total. The molecule has 3 N–H and O–H groups in total. The van der Waals surface area contributed by atoms with E-state index in [1.165, 1.54) is 6.07 Å². The maximum absolute atomic E-state index is 13.9. The highest BCUT2D eigenvalue weighted by Gasteiger charge is 2.15. The van der Waals surface area contributed by atoms with E-state index in [0.717, 1.165) is 56.1 Å². The van der Waals surface area contributed by atoms with Crippen LogP contribution in [0.4, 0.5) is 4.39 Å². The van der Waals surface area contributed by atoms with Crippen LogP contribution in [0.5, 0.6) is 5.75 Å². The van der Waals surface area contributed by atoms with E-state index < -0.39 is 5.82 Å². The first-order chi connectivity index (χ1) is 15.7. The van der Waals surface area contributed by atoms with Crippen LogP contribution < -0.4 is 0 Å². The van der Waals surface area contributed by atoms with Crippen molar-refractivity contribution in [1.82, 2.24) is 20.2 Å². The number of rotatable bonds is 3. The average Bonchev–Trinajstić information content (AvgIpc) is 3.42. The van der Waals surface area contributed by atoms with Gasteiger partial charge in [0.05, 0.1) is 16.9 Å². The smallest absolute Gasteiger partial charge is 0.127 e. The topological polar surface area (TPSA) is 77.6 Å². The van der Waals surface area contributed by atoms with Crippen LogP contribution in [0.3, 0.4) is 0 Å². The third-order valence-electron chi connectivity index (χ3n) is 5.64. The van der Waals surface area contributed by atoms with Crippen LogP contribution in [0.1, 0.15) is 0 Å². The number of H-pyrrole nitrogens is 2. The number of nitrogens with zero attached hydrogens (tertiary/aromatic N) is 2. The molecule has 0 fully saturated rings. The summed E-state index contributed by atoms with van der Waals surface area (Å²) in [7, 11) is 0. The molecule has 0 atom stereocenters. The number of hydrogen-bond acceptors (Lipinski definition) is 3. The summed E-state index contributed by atoms with van der Waals surface area (Å²) in [5.74, 6) is -0.582. The highest BCUT2D eigenvalue weighted by Crippen LogP contribution is 2.36. The molecule has 0 aliphatic carbocycles. The molecule has 0 radical (unpaired) electrons. The Bertz CT molecular complexity index is 1580. The van der Waals surface area contributed by atoms with E-state index in [1.54, 1.807) is 12.3 Å². The zero-order chi connectivity index (χ0) is 21.7. The van der Waals surface area contributed by atoms with Gasteiger partial charge in [-0.1, -0.05) is 24.3 Å². The van der Waals surface area contributed by atoms with Crippen molar-refractivity contribution in [3.05, 3.63) is 90.9 Å². The van der Waals surface area contributed by atoms with Gasteiger partial charge < -0.3 is 10.1 Å². The van der Waals surface area contributed by atoms with Crippen LogP contribution >= 0.6 is 0 Å². The molecule has 0 spiro atoms. The van der Waals surface area contributed by atoms with Crippen LogP contribution in [0.15, 0.2) is 85.1 Å². The van der Waals surface area contributed by atoms with Crippen LogP contribution in [-0.4, -0.2) is 25.3 Å². The molecule has 0 aliphatic rings. The minimum Gasteiger partial charge on any atom is -0.508 e. The molecule has 3 aromatic carbocycles. The maximum atomic E-state index is 13.9. The monoisotopic (exact) mass is 420 g/mol. The molecule has 32 heavy (non-hydrogen) atoms. The molecule has 0 amide bonds. The predicted octanol–water partition coefficient (Wildman–Crippen LogP) is 6.28. The van der Waals surface area contributed by atoms with Crippen LogP contribution in [0.25, 0.3) is 55.6 Å². The first kappa shape index (κ1) is 18.3. The van der Waals surface area contributed by atoms with Gasteiger partial charge in [0.15, 0.2) is 0 Å². The molecule has 0 saturated carbocycles. The largest absolute Gasteiger partial charge is 0.508 e. The lowest BCUT2D eigenvalue weighted by Crippen LogP contribution is -1.82. The van der Waals surface area contributed by atoms with Crippen molar-refractivity contribution < 1.29 is 9.50 Å². The lowest BCUT2D eigenvalue weighted by Gasteiger charge is -2.05. The van der Waals surface area contributed by atoms with Crippen LogP contribution in [-0.2, 0) is 0 Å². The van der Waals surface area contributed by atoms with Crippen molar-refractivity contribution in [2.24, 2.45) is 0 Å². The highest BCUT2D eigenvalue weighted by molar-refractivity contribution is 6.01. The molecule has 0 bridgehead atoms. The number of hydrogen-bond donors (Lipinski definition) is 3. The minimum absolute atomic E-state index is 0.104. The molecule has 0 aliphatic heterocycles. The zero-order valence-electron chi connectivity index (χ0n) is 16.8. The molecular formula is C26H17FN4O. The van der Waals surface area contributed by atoms with Crippen molar-refractivity contribution in [3.63, 3.8) is 0 Å². The number of halogens is 1. The first-order valence-corrected chi connectivity index (χ1v) is 10.2.